The van der Waals surface area contributed by atoms with Gasteiger partial charge in [0.25, 0.3) is 0 Å². The van der Waals surface area contributed by atoms with Crippen LogP contribution in [0.15, 0.2) is 48.5 Å². The zero-order valence-corrected chi connectivity index (χ0v) is 18.4. The van der Waals surface area contributed by atoms with Gasteiger partial charge < -0.3 is 14.6 Å². The van der Waals surface area contributed by atoms with Gasteiger partial charge in [-0.15, -0.1) is 0 Å². The molecule has 5 nitrogen and oxygen atoms in total. The summed E-state index contributed by atoms with van der Waals surface area (Å²) < 4.78 is 20.4. The van der Waals surface area contributed by atoms with E-state index in [-0.39, 0.29) is 24.0 Å². The van der Waals surface area contributed by atoms with Crippen molar-refractivity contribution in [2.45, 2.75) is 33.7 Å². The number of esters is 1. The summed E-state index contributed by atoms with van der Waals surface area (Å²) in [5, 5.41) is 2.67. The topological polar surface area (TPSA) is 60.3 Å². The van der Waals surface area contributed by atoms with Crippen LogP contribution in [-0.2, 0) is 16.1 Å². The van der Waals surface area contributed by atoms with E-state index in [9.17, 15) is 14.0 Å². The second-order valence-corrected chi connectivity index (χ2v) is 7.60. The molecule has 2 aromatic carbocycles. The van der Waals surface area contributed by atoms with Crippen molar-refractivity contribution in [1.82, 2.24) is 4.57 Å². The highest BCUT2D eigenvalue weighted by Gasteiger charge is 2.20. The van der Waals surface area contributed by atoms with Crippen LogP contribution >= 0.6 is 11.6 Å². The summed E-state index contributed by atoms with van der Waals surface area (Å²) in [6, 6.07) is 13.8. The molecular weight excluding hydrogens is 419 g/mol. The van der Waals surface area contributed by atoms with Crippen molar-refractivity contribution in [2.24, 2.45) is 0 Å². The molecule has 1 amide bonds. The summed E-state index contributed by atoms with van der Waals surface area (Å²) in [7, 11) is 0. The van der Waals surface area contributed by atoms with E-state index in [0.29, 0.717) is 17.8 Å². The van der Waals surface area contributed by atoms with Gasteiger partial charge in [0.05, 0.1) is 17.2 Å². The molecule has 0 aliphatic rings. The lowest BCUT2D eigenvalue weighted by Gasteiger charge is -2.13. The molecule has 1 N–H and O–H groups in total. The number of carbonyl (C=O) groups is 2. The Hall–Kier alpha value is -3.12. The van der Waals surface area contributed by atoms with Crippen LogP contribution in [0.1, 0.15) is 35.0 Å². The minimum atomic E-state index is -0.545. The van der Waals surface area contributed by atoms with Crippen LogP contribution < -0.4 is 5.32 Å². The van der Waals surface area contributed by atoms with Crippen LogP contribution in [0.4, 0.5) is 10.1 Å². The summed E-state index contributed by atoms with van der Waals surface area (Å²) in [6.07, 6.45) is 0.158. The standard InChI is InChI=1S/C24H24ClFN2O3/c1-4-31-24(30)19-14-22(17-7-5-15(2)6-8-17)28(16(19)3)12-11-23(29)27-18-9-10-21(26)20(25)13-18/h5-10,13-14H,4,11-12H2,1-3H3,(H,27,29). The first kappa shape index (κ1) is 22.6. The lowest BCUT2D eigenvalue weighted by Crippen LogP contribution is -2.16. The number of hydrogen-bond donors (Lipinski definition) is 1. The molecule has 31 heavy (non-hydrogen) atoms. The molecule has 3 aromatic rings. The van der Waals surface area contributed by atoms with E-state index in [1.807, 2.05) is 42.7 Å². The van der Waals surface area contributed by atoms with Gasteiger partial charge in [-0.3, -0.25) is 4.79 Å². The first-order valence-corrected chi connectivity index (χ1v) is 10.4. The number of nitrogens with zero attached hydrogens (tertiary/aromatic N) is 1. The Morgan fingerprint density at radius 3 is 2.45 bits per heavy atom. The van der Waals surface area contributed by atoms with Crippen molar-refractivity contribution < 1.29 is 18.7 Å². The van der Waals surface area contributed by atoms with E-state index in [0.717, 1.165) is 22.5 Å². The summed E-state index contributed by atoms with van der Waals surface area (Å²) in [5.41, 5.74) is 4.52. The van der Waals surface area contributed by atoms with Crippen LogP contribution in [0.25, 0.3) is 11.3 Å². The number of aryl methyl sites for hydroxylation is 1. The Bertz CT molecular complexity index is 1110. The molecule has 0 aliphatic heterocycles. The largest absolute Gasteiger partial charge is 0.462 e. The summed E-state index contributed by atoms with van der Waals surface area (Å²) in [4.78, 5) is 24.9. The molecule has 0 atom stereocenters. The average molecular weight is 443 g/mol. The Labute approximate surface area is 185 Å². The van der Waals surface area contributed by atoms with Crippen molar-refractivity contribution >= 4 is 29.2 Å². The highest BCUT2D eigenvalue weighted by atomic mass is 35.5. The molecular formula is C24H24ClFN2O3. The molecule has 1 aromatic heterocycles. The number of aromatic nitrogens is 1. The average Bonchev–Trinajstić information content (AvgIpc) is 3.06. The van der Waals surface area contributed by atoms with Crippen molar-refractivity contribution in [3.8, 4) is 11.3 Å². The SMILES string of the molecule is CCOC(=O)c1cc(-c2ccc(C)cc2)n(CCC(=O)Nc2ccc(F)c(Cl)c2)c1C. The number of ether oxygens (including phenoxy) is 1. The van der Waals surface area contributed by atoms with Crippen LogP contribution in [0, 0.1) is 19.7 Å². The quantitative estimate of drug-likeness (QED) is 0.472. The smallest absolute Gasteiger partial charge is 0.339 e. The zero-order valence-electron chi connectivity index (χ0n) is 17.7. The molecule has 1 heterocycles. The van der Waals surface area contributed by atoms with Crippen LogP contribution in [0.3, 0.4) is 0 Å². The Kier molecular flexibility index (Phi) is 7.13. The molecule has 0 saturated heterocycles. The number of anilines is 1. The van der Waals surface area contributed by atoms with Gasteiger partial charge in [-0.2, -0.15) is 0 Å². The maximum absolute atomic E-state index is 13.3. The maximum atomic E-state index is 13.3. The third kappa shape index (κ3) is 5.33. The molecule has 0 bridgehead atoms. The first-order chi connectivity index (χ1) is 14.8. The number of benzene rings is 2. The van der Waals surface area contributed by atoms with Crippen LogP contribution in [-0.4, -0.2) is 23.1 Å². The summed E-state index contributed by atoms with van der Waals surface area (Å²) >= 11 is 5.77. The zero-order chi connectivity index (χ0) is 22.5. The van der Waals surface area contributed by atoms with Gasteiger partial charge in [0.2, 0.25) is 5.91 Å². The van der Waals surface area contributed by atoms with Crippen LogP contribution in [0.2, 0.25) is 5.02 Å². The molecule has 0 saturated carbocycles. The van der Waals surface area contributed by atoms with E-state index in [2.05, 4.69) is 5.32 Å². The molecule has 0 fully saturated rings. The van der Waals surface area contributed by atoms with E-state index < -0.39 is 11.8 Å². The van der Waals surface area contributed by atoms with Crippen molar-refractivity contribution in [2.75, 3.05) is 11.9 Å². The van der Waals surface area contributed by atoms with Gasteiger partial charge in [0.15, 0.2) is 0 Å². The number of rotatable bonds is 7. The molecule has 0 aliphatic carbocycles. The third-order valence-corrected chi connectivity index (χ3v) is 5.26. The second-order valence-electron chi connectivity index (χ2n) is 7.19. The number of halogens is 2. The summed E-state index contributed by atoms with van der Waals surface area (Å²) in [5.74, 6) is -1.18. The van der Waals surface area contributed by atoms with E-state index >= 15 is 0 Å². The number of nitrogens with one attached hydrogen (secondary N) is 1. The van der Waals surface area contributed by atoms with Gasteiger partial charge >= 0.3 is 5.97 Å². The van der Waals surface area contributed by atoms with E-state index in [4.69, 9.17) is 16.3 Å². The fourth-order valence-corrected chi connectivity index (χ4v) is 3.50. The van der Waals surface area contributed by atoms with Gasteiger partial charge in [0, 0.05) is 30.0 Å². The predicted molar refractivity (Wildman–Crippen MR) is 120 cm³/mol. The van der Waals surface area contributed by atoms with Crippen molar-refractivity contribution in [3.63, 3.8) is 0 Å². The van der Waals surface area contributed by atoms with Crippen LogP contribution in [0.5, 0.6) is 0 Å². The number of amides is 1. The minimum Gasteiger partial charge on any atom is -0.462 e. The fraction of sp³-hybridized carbons (Fsp3) is 0.250. The first-order valence-electron chi connectivity index (χ1n) is 9.99. The fourth-order valence-electron chi connectivity index (χ4n) is 3.32. The Morgan fingerprint density at radius 1 is 1.10 bits per heavy atom. The normalized spacial score (nSPS) is 10.7. The monoisotopic (exact) mass is 442 g/mol. The highest BCUT2D eigenvalue weighted by Crippen LogP contribution is 2.27. The lowest BCUT2D eigenvalue weighted by molar-refractivity contribution is -0.116. The third-order valence-electron chi connectivity index (χ3n) is 4.98. The van der Waals surface area contributed by atoms with E-state index in [1.54, 1.807) is 13.0 Å². The molecule has 0 spiro atoms. The van der Waals surface area contributed by atoms with Gasteiger partial charge in [-0.25, -0.2) is 9.18 Å². The lowest BCUT2D eigenvalue weighted by atomic mass is 10.1. The molecule has 0 radical (unpaired) electrons. The van der Waals surface area contributed by atoms with Gasteiger partial charge in [0.1, 0.15) is 5.82 Å². The number of carbonyl (C=O) groups excluding carboxylic acids is 2. The Morgan fingerprint density at radius 2 is 1.81 bits per heavy atom. The van der Waals surface area contributed by atoms with Gasteiger partial charge in [-0.1, -0.05) is 41.4 Å². The van der Waals surface area contributed by atoms with Crippen molar-refractivity contribution in [3.05, 3.63) is 76.2 Å². The molecule has 162 valence electrons. The summed E-state index contributed by atoms with van der Waals surface area (Å²) in [6.45, 7) is 6.24. The van der Waals surface area contributed by atoms with Gasteiger partial charge in [-0.05, 0) is 50.6 Å². The Balaban J connectivity index is 1.84. The van der Waals surface area contributed by atoms with Crippen molar-refractivity contribution in [1.29, 1.82) is 0 Å². The highest BCUT2D eigenvalue weighted by molar-refractivity contribution is 6.31. The minimum absolute atomic E-state index is 0.0558. The predicted octanol–water partition coefficient (Wildman–Crippen LogP) is 5.77. The maximum Gasteiger partial charge on any atom is 0.339 e. The van der Waals surface area contributed by atoms with E-state index in [1.165, 1.54) is 18.2 Å². The molecule has 0 unspecified atom stereocenters. The number of hydrogen-bond acceptors (Lipinski definition) is 3. The molecule has 3 rings (SSSR count). The second kappa shape index (κ2) is 9.79. The molecule has 7 heteroatoms.